The molecule has 0 radical (unpaired) electrons. The maximum Gasteiger partial charge on any atom is -0.00934 e. The molecule has 0 heteroatoms. The Labute approximate surface area is 68.0 Å². The van der Waals surface area contributed by atoms with E-state index in [-0.39, 0.29) is 0 Å². The summed E-state index contributed by atoms with van der Waals surface area (Å²) in [6, 6.07) is 0. The van der Waals surface area contributed by atoms with Gasteiger partial charge in [-0.2, -0.15) is 0 Å². The SMILES string of the molecule is C=C=C1CC2CC3CC1C2C3. The zero-order valence-corrected chi connectivity index (χ0v) is 6.84. The second-order valence-electron chi connectivity index (χ2n) is 4.51. The summed E-state index contributed by atoms with van der Waals surface area (Å²) in [5.41, 5.74) is 4.73. The van der Waals surface area contributed by atoms with Gasteiger partial charge in [-0.1, -0.05) is 6.58 Å². The van der Waals surface area contributed by atoms with Gasteiger partial charge in [0.1, 0.15) is 0 Å². The number of hydrogen-bond donors (Lipinski definition) is 0. The molecule has 0 aromatic carbocycles. The summed E-state index contributed by atoms with van der Waals surface area (Å²) in [4.78, 5) is 0. The zero-order chi connectivity index (χ0) is 7.42. The third kappa shape index (κ3) is 0.618. The Balaban J connectivity index is 2.06. The van der Waals surface area contributed by atoms with E-state index in [1.807, 2.05) is 0 Å². The smallest absolute Gasteiger partial charge is 0.00934 e. The minimum absolute atomic E-state index is 0.927. The highest BCUT2D eigenvalue weighted by molar-refractivity contribution is 5.20. The minimum atomic E-state index is 0.927. The molecule has 3 aliphatic rings. The molecule has 0 heterocycles. The van der Waals surface area contributed by atoms with E-state index >= 15 is 0 Å². The average molecular weight is 146 g/mol. The first-order valence-corrected chi connectivity index (χ1v) is 4.77. The molecule has 4 unspecified atom stereocenters. The van der Waals surface area contributed by atoms with Crippen LogP contribution in [0.4, 0.5) is 0 Å². The quantitative estimate of drug-likeness (QED) is 0.461. The molecule has 4 atom stereocenters. The van der Waals surface area contributed by atoms with Crippen molar-refractivity contribution in [3.05, 3.63) is 17.9 Å². The number of allylic oxidation sites excluding steroid dienone is 1. The van der Waals surface area contributed by atoms with E-state index in [1.54, 1.807) is 5.57 Å². The molecule has 0 amide bonds. The summed E-state index contributed by atoms with van der Waals surface area (Å²) in [7, 11) is 0. The van der Waals surface area contributed by atoms with E-state index in [4.69, 9.17) is 0 Å². The van der Waals surface area contributed by atoms with E-state index in [0.29, 0.717) is 0 Å². The van der Waals surface area contributed by atoms with E-state index in [1.165, 1.54) is 25.7 Å². The van der Waals surface area contributed by atoms with Crippen LogP contribution in [0.25, 0.3) is 0 Å². The van der Waals surface area contributed by atoms with Crippen molar-refractivity contribution < 1.29 is 0 Å². The Morgan fingerprint density at radius 3 is 2.82 bits per heavy atom. The molecule has 3 rings (SSSR count). The van der Waals surface area contributed by atoms with Crippen LogP contribution in [0.3, 0.4) is 0 Å². The fourth-order valence-corrected chi connectivity index (χ4v) is 3.77. The Bertz CT molecular complexity index is 243. The highest BCUT2D eigenvalue weighted by Gasteiger charge is 2.51. The Kier molecular flexibility index (Phi) is 1.00. The van der Waals surface area contributed by atoms with Crippen LogP contribution in [0.1, 0.15) is 25.7 Å². The predicted octanol–water partition coefficient (Wildman–Crippen LogP) is 2.76. The van der Waals surface area contributed by atoms with Gasteiger partial charge in [0.25, 0.3) is 0 Å². The number of fused-ring (bicyclic) bond motifs is 1. The molecule has 0 aromatic heterocycles. The van der Waals surface area contributed by atoms with E-state index in [2.05, 4.69) is 12.3 Å². The fraction of sp³-hybridized carbons (Fsp3) is 0.727. The molecule has 58 valence electrons. The molecule has 3 fully saturated rings. The average Bonchev–Trinajstić information content (AvgIpc) is 2.56. The molecule has 3 aliphatic carbocycles. The molecule has 0 spiro atoms. The summed E-state index contributed by atoms with van der Waals surface area (Å²) in [6.07, 6.45) is 5.86. The van der Waals surface area contributed by atoms with Crippen molar-refractivity contribution in [3.8, 4) is 0 Å². The van der Waals surface area contributed by atoms with Gasteiger partial charge in [0.05, 0.1) is 0 Å². The van der Waals surface area contributed by atoms with Crippen LogP contribution in [0.15, 0.2) is 17.9 Å². The van der Waals surface area contributed by atoms with Crippen LogP contribution < -0.4 is 0 Å². The third-order valence-corrected chi connectivity index (χ3v) is 4.11. The highest BCUT2D eigenvalue weighted by atomic mass is 14.6. The van der Waals surface area contributed by atoms with E-state index < -0.39 is 0 Å². The van der Waals surface area contributed by atoms with Crippen LogP contribution >= 0.6 is 0 Å². The lowest BCUT2D eigenvalue weighted by molar-refractivity contribution is 0.341. The number of rotatable bonds is 0. The molecular formula is C11H14. The topological polar surface area (TPSA) is 0 Å². The normalized spacial score (nSPS) is 51.8. The van der Waals surface area contributed by atoms with Gasteiger partial charge in [0.2, 0.25) is 0 Å². The summed E-state index contributed by atoms with van der Waals surface area (Å²) in [6.45, 7) is 3.79. The summed E-state index contributed by atoms with van der Waals surface area (Å²) >= 11 is 0. The largest absolute Gasteiger partial charge is 0.129 e. The standard InChI is InChI=1S/C11H14/c1-2-8-6-9-3-7-4-10(8)11(9)5-7/h7,9-11H,1,3-6H2. The molecule has 0 saturated heterocycles. The van der Waals surface area contributed by atoms with Gasteiger partial charge in [-0.15, -0.1) is 5.73 Å². The van der Waals surface area contributed by atoms with Crippen LogP contribution in [0.2, 0.25) is 0 Å². The molecule has 0 aliphatic heterocycles. The van der Waals surface area contributed by atoms with Gasteiger partial charge in [0.15, 0.2) is 0 Å². The predicted molar refractivity (Wildman–Crippen MR) is 45.1 cm³/mol. The van der Waals surface area contributed by atoms with Gasteiger partial charge in [-0.3, -0.25) is 0 Å². The molecule has 0 nitrogen and oxygen atoms in total. The van der Waals surface area contributed by atoms with Crippen LogP contribution in [-0.2, 0) is 0 Å². The first kappa shape index (κ1) is 6.08. The molecule has 2 bridgehead atoms. The lowest BCUT2D eigenvalue weighted by Gasteiger charge is -2.16. The van der Waals surface area contributed by atoms with Crippen molar-refractivity contribution in [2.24, 2.45) is 23.7 Å². The van der Waals surface area contributed by atoms with Crippen molar-refractivity contribution in [1.82, 2.24) is 0 Å². The van der Waals surface area contributed by atoms with Crippen molar-refractivity contribution in [3.63, 3.8) is 0 Å². The summed E-state index contributed by atoms with van der Waals surface area (Å²) < 4.78 is 0. The van der Waals surface area contributed by atoms with E-state index in [9.17, 15) is 0 Å². The lowest BCUT2D eigenvalue weighted by Crippen LogP contribution is -2.09. The van der Waals surface area contributed by atoms with Gasteiger partial charge >= 0.3 is 0 Å². The Hall–Kier alpha value is -0.480. The van der Waals surface area contributed by atoms with Gasteiger partial charge in [-0.25, -0.2) is 0 Å². The maximum atomic E-state index is 3.79. The Morgan fingerprint density at radius 2 is 2.18 bits per heavy atom. The monoisotopic (exact) mass is 146 g/mol. The minimum Gasteiger partial charge on any atom is -0.129 e. The maximum absolute atomic E-state index is 3.79. The number of hydrogen-bond acceptors (Lipinski definition) is 0. The first-order chi connectivity index (χ1) is 5.38. The molecular weight excluding hydrogens is 132 g/mol. The molecule has 0 N–H and O–H groups in total. The second-order valence-corrected chi connectivity index (χ2v) is 4.51. The van der Waals surface area contributed by atoms with Crippen molar-refractivity contribution in [2.45, 2.75) is 25.7 Å². The van der Waals surface area contributed by atoms with Crippen LogP contribution in [0, 0.1) is 23.7 Å². The zero-order valence-electron chi connectivity index (χ0n) is 6.84. The van der Waals surface area contributed by atoms with Crippen molar-refractivity contribution >= 4 is 0 Å². The van der Waals surface area contributed by atoms with Crippen molar-refractivity contribution in [1.29, 1.82) is 0 Å². The van der Waals surface area contributed by atoms with Crippen molar-refractivity contribution in [2.75, 3.05) is 0 Å². The Morgan fingerprint density at radius 1 is 1.27 bits per heavy atom. The van der Waals surface area contributed by atoms with Gasteiger partial charge in [0, 0.05) is 0 Å². The fourth-order valence-electron chi connectivity index (χ4n) is 3.77. The van der Waals surface area contributed by atoms with E-state index in [0.717, 1.165) is 23.7 Å². The summed E-state index contributed by atoms with van der Waals surface area (Å²) in [5, 5.41) is 0. The second kappa shape index (κ2) is 1.81. The summed E-state index contributed by atoms with van der Waals surface area (Å²) in [5.74, 6) is 4.12. The highest BCUT2D eigenvalue weighted by Crippen LogP contribution is 2.61. The lowest BCUT2D eigenvalue weighted by atomic mass is 9.88. The first-order valence-electron chi connectivity index (χ1n) is 4.77. The molecule has 0 aromatic rings. The molecule has 3 saturated carbocycles. The van der Waals surface area contributed by atoms with Crippen LogP contribution in [0.5, 0.6) is 0 Å². The third-order valence-electron chi connectivity index (χ3n) is 4.11. The molecule has 11 heavy (non-hydrogen) atoms. The van der Waals surface area contributed by atoms with Gasteiger partial charge in [-0.05, 0) is 54.9 Å². The van der Waals surface area contributed by atoms with Gasteiger partial charge < -0.3 is 0 Å². The van der Waals surface area contributed by atoms with Crippen LogP contribution in [-0.4, -0.2) is 0 Å².